The van der Waals surface area contributed by atoms with Gasteiger partial charge < -0.3 is 0 Å². The van der Waals surface area contributed by atoms with E-state index < -0.39 is 10.0 Å². The van der Waals surface area contributed by atoms with Crippen LogP contribution in [0.2, 0.25) is 0 Å². The number of rotatable bonds is 5. The van der Waals surface area contributed by atoms with E-state index in [9.17, 15) is 8.42 Å². The van der Waals surface area contributed by atoms with E-state index in [-0.39, 0.29) is 0 Å². The molecule has 1 rings (SSSR count). The Kier molecular flexibility index (Phi) is 4.95. The van der Waals surface area contributed by atoms with Crippen LogP contribution in [-0.2, 0) is 15.4 Å². The van der Waals surface area contributed by atoms with Gasteiger partial charge in [0.15, 0.2) is 0 Å². The fourth-order valence-corrected chi connectivity index (χ4v) is 3.29. The summed E-state index contributed by atoms with van der Waals surface area (Å²) in [7, 11) is -3.31. The maximum atomic E-state index is 12.1. The molecule has 0 atom stereocenters. The van der Waals surface area contributed by atoms with Gasteiger partial charge in [0.05, 0.1) is 4.90 Å². The highest BCUT2D eigenvalue weighted by molar-refractivity contribution is 9.08. The van der Waals surface area contributed by atoms with Crippen LogP contribution in [0.25, 0.3) is 0 Å². The Bertz CT molecular complexity index is 424. The van der Waals surface area contributed by atoms with Gasteiger partial charge in [-0.15, -0.1) is 0 Å². The molecule has 0 amide bonds. The molecule has 0 unspecified atom stereocenters. The Morgan fingerprint density at radius 1 is 1.12 bits per heavy atom. The van der Waals surface area contributed by atoms with E-state index in [1.165, 1.54) is 4.31 Å². The molecule has 0 spiro atoms. The molecule has 90 valence electrons. The molecule has 0 saturated carbocycles. The van der Waals surface area contributed by atoms with Crippen LogP contribution in [0.1, 0.15) is 19.4 Å². The molecule has 0 aliphatic rings. The van der Waals surface area contributed by atoms with Crippen LogP contribution in [0.4, 0.5) is 0 Å². The first-order valence-corrected chi connectivity index (χ1v) is 7.77. The van der Waals surface area contributed by atoms with Crippen molar-refractivity contribution in [3.63, 3.8) is 0 Å². The number of hydrogen-bond donors (Lipinski definition) is 0. The molecule has 0 heterocycles. The molecular weight excluding hydrogens is 290 g/mol. The van der Waals surface area contributed by atoms with E-state index in [4.69, 9.17) is 0 Å². The molecule has 0 N–H and O–H groups in total. The Balaban J connectivity index is 3.07. The molecule has 0 aliphatic carbocycles. The molecule has 16 heavy (non-hydrogen) atoms. The summed E-state index contributed by atoms with van der Waals surface area (Å²) in [6.07, 6.45) is 0. The maximum Gasteiger partial charge on any atom is 0.243 e. The summed E-state index contributed by atoms with van der Waals surface area (Å²) in [5.74, 6) is 0. The number of alkyl halides is 1. The summed E-state index contributed by atoms with van der Waals surface area (Å²) in [4.78, 5) is 0.362. The predicted molar refractivity (Wildman–Crippen MR) is 69.2 cm³/mol. The predicted octanol–water partition coefficient (Wildman–Crippen LogP) is 2.61. The zero-order chi connectivity index (χ0) is 12.2. The van der Waals surface area contributed by atoms with Crippen LogP contribution < -0.4 is 0 Å². The molecular formula is C11H16BrNO2S. The van der Waals surface area contributed by atoms with Crippen molar-refractivity contribution in [1.29, 1.82) is 0 Å². The first-order chi connectivity index (χ1) is 7.56. The number of nitrogens with zero attached hydrogens (tertiary/aromatic N) is 1. The van der Waals surface area contributed by atoms with Gasteiger partial charge in [0.1, 0.15) is 0 Å². The Labute approximate surface area is 106 Å². The van der Waals surface area contributed by atoms with Gasteiger partial charge in [-0.25, -0.2) is 8.42 Å². The van der Waals surface area contributed by atoms with E-state index in [1.807, 2.05) is 26.0 Å². The van der Waals surface area contributed by atoms with Crippen LogP contribution in [0.5, 0.6) is 0 Å². The zero-order valence-corrected chi connectivity index (χ0v) is 11.9. The number of halogens is 1. The van der Waals surface area contributed by atoms with E-state index >= 15 is 0 Å². The lowest BCUT2D eigenvalue weighted by Gasteiger charge is -2.18. The second kappa shape index (κ2) is 5.80. The molecule has 0 radical (unpaired) electrons. The van der Waals surface area contributed by atoms with Crippen LogP contribution in [0.15, 0.2) is 29.2 Å². The summed E-state index contributed by atoms with van der Waals surface area (Å²) >= 11 is 3.33. The van der Waals surface area contributed by atoms with Crippen LogP contribution >= 0.6 is 15.9 Å². The Morgan fingerprint density at radius 2 is 1.62 bits per heavy atom. The molecule has 0 bridgehead atoms. The van der Waals surface area contributed by atoms with E-state index in [1.54, 1.807) is 12.1 Å². The van der Waals surface area contributed by atoms with Crippen molar-refractivity contribution in [1.82, 2.24) is 4.31 Å². The van der Waals surface area contributed by atoms with Crippen molar-refractivity contribution in [2.45, 2.75) is 24.1 Å². The van der Waals surface area contributed by atoms with E-state index in [2.05, 4.69) is 15.9 Å². The van der Waals surface area contributed by atoms with Crippen LogP contribution in [0.3, 0.4) is 0 Å². The number of hydrogen-bond acceptors (Lipinski definition) is 2. The van der Waals surface area contributed by atoms with E-state index in [0.717, 1.165) is 10.9 Å². The summed E-state index contributed by atoms with van der Waals surface area (Å²) in [6, 6.07) is 6.96. The lowest BCUT2D eigenvalue weighted by Crippen LogP contribution is -2.30. The van der Waals surface area contributed by atoms with Crippen molar-refractivity contribution in [3.8, 4) is 0 Å². The molecule has 0 saturated heterocycles. The third-order valence-corrected chi connectivity index (χ3v) is 5.13. The average Bonchev–Trinajstić information content (AvgIpc) is 2.30. The lowest BCUT2D eigenvalue weighted by atomic mass is 10.2. The fourth-order valence-electron chi connectivity index (χ4n) is 1.46. The van der Waals surface area contributed by atoms with Gasteiger partial charge in [-0.3, -0.25) is 0 Å². The molecule has 0 aliphatic heterocycles. The largest absolute Gasteiger partial charge is 0.243 e. The molecule has 0 fully saturated rings. The first kappa shape index (κ1) is 13.7. The SMILES string of the molecule is CCN(CC)S(=O)(=O)c1ccc(CBr)cc1. The fraction of sp³-hybridized carbons (Fsp3) is 0.455. The zero-order valence-electron chi connectivity index (χ0n) is 9.48. The van der Waals surface area contributed by atoms with Gasteiger partial charge in [-0.1, -0.05) is 41.9 Å². The first-order valence-electron chi connectivity index (χ1n) is 5.21. The van der Waals surface area contributed by atoms with Crippen molar-refractivity contribution >= 4 is 26.0 Å². The maximum absolute atomic E-state index is 12.1. The van der Waals surface area contributed by atoms with Gasteiger partial charge in [-0.2, -0.15) is 4.31 Å². The van der Waals surface area contributed by atoms with Crippen molar-refractivity contribution < 1.29 is 8.42 Å². The lowest BCUT2D eigenvalue weighted by molar-refractivity contribution is 0.445. The topological polar surface area (TPSA) is 37.4 Å². The van der Waals surface area contributed by atoms with Crippen LogP contribution in [0, 0.1) is 0 Å². The number of benzene rings is 1. The number of sulfonamides is 1. The molecule has 1 aromatic rings. The average molecular weight is 306 g/mol. The van der Waals surface area contributed by atoms with Crippen LogP contribution in [-0.4, -0.2) is 25.8 Å². The third-order valence-electron chi connectivity index (χ3n) is 2.42. The minimum Gasteiger partial charge on any atom is -0.207 e. The van der Waals surface area contributed by atoms with Crippen molar-refractivity contribution in [2.75, 3.05) is 13.1 Å². The monoisotopic (exact) mass is 305 g/mol. The van der Waals surface area contributed by atoms with Gasteiger partial charge in [0.25, 0.3) is 0 Å². The quantitative estimate of drug-likeness (QED) is 0.784. The van der Waals surface area contributed by atoms with E-state index in [0.29, 0.717) is 18.0 Å². The highest BCUT2D eigenvalue weighted by Gasteiger charge is 2.20. The highest BCUT2D eigenvalue weighted by atomic mass is 79.9. The van der Waals surface area contributed by atoms with Gasteiger partial charge in [0.2, 0.25) is 10.0 Å². The summed E-state index contributed by atoms with van der Waals surface area (Å²) in [5, 5.41) is 0.735. The highest BCUT2D eigenvalue weighted by Crippen LogP contribution is 2.17. The second-order valence-corrected chi connectivity index (χ2v) is 5.87. The van der Waals surface area contributed by atoms with Gasteiger partial charge in [-0.05, 0) is 17.7 Å². The minimum atomic E-state index is -3.31. The second-order valence-electron chi connectivity index (χ2n) is 3.37. The molecule has 3 nitrogen and oxygen atoms in total. The minimum absolute atomic E-state index is 0.362. The summed E-state index contributed by atoms with van der Waals surface area (Å²) in [5.41, 5.74) is 1.07. The summed E-state index contributed by atoms with van der Waals surface area (Å²) in [6.45, 7) is 4.68. The van der Waals surface area contributed by atoms with Crippen molar-refractivity contribution in [2.24, 2.45) is 0 Å². The van der Waals surface area contributed by atoms with Crippen molar-refractivity contribution in [3.05, 3.63) is 29.8 Å². The molecule has 1 aromatic carbocycles. The molecule has 0 aromatic heterocycles. The Morgan fingerprint density at radius 3 is 2.00 bits per heavy atom. The third kappa shape index (κ3) is 2.84. The normalized spacial score (nSPS) is 12.0. The standard InChI is InChI=1S/C11H16BrNO2S/c1-3-13(4-2)16(14,15)11-7-5-10(9-12)6-8-11/h5-8H,3-4,9H2,1-2H3. The molecule has 5 heteroatoms. The van der Waals surface area contributed by atoms with Gasteiger partial charge >= 0.3 is 0 Å². The Hall–Kier alpha value is -0.390. The van der Waals surface area contributed by atoms with Gasteiger partial charge in [0, 0.05) is 18.4 Å². The smallest absolute Gasteiger partial charge is 0.207 e. The summed E-state index contributed by atoms with van der Waals surface area (Å²) < 4.78 is 25.7.